The van der Waals surface area contributed by atoms with Crippen LogP contribution in [0.3, 0.4) is 0 Å². The molecular weight excluding hydrogens is 354 g/mol. The number of hydrogen-bond donors (Lipinski definition) is 0. The number of thiophene rings is 1. The van der Waals surface area contributed by atoms with Crippen LogP contribution in [0.15, 0.2) is 22.0 Å². The lowest BCUT2D eigenvalue weighted by Crippen LogP contribution is -1.75. The molecule has 0 saturated carbocycles. The summed E-state index contributed by atoms with van der Waals surface area (Å²) < 4.78 is 15.9. The molecular formula is C8H3BrFIS. The maximum atomic E-state index is 12.9. The smallest absolute Gasteiger partial charge is 0.125 e. The van der Waals surface area contributed by atoms with E-state index in [0.717, 1.165) is 17.4 Å². The van der Waals surface area contributed by atoms with Crippen LogP contribution in [0.1, 0.15) is 0 Å². The van der Waals surface area contributed by atoms with Crippen LogP contribution in [-0.4, -0.2) is 0 Å². The van der Waals surface area contributed by atoms with E-state index in [0.29, 0.717) is 0 Å². The third-order valence-electron chi connectivity index (χ3n) is 1.52. The Bertz CT molecular complexity index is 438. The minimum absolute atomic E-state index is 0.166. The van der Waals surface area contributed by atoms with Gasteiger partial charge in [0.15, 0.2) is 0 Å². The second kappa shape index (κ2) is 3.23. The van der Waals surface area contributed by atoms with Crippen molar-refractivity contribution in [1.82, 2.24) is 0 Å². The van der Waals surface area contributed by atoms with Crippen LogP contribution >= 0.6 is 49.9 Å². The summed E-state index contributed by atoms with van der Waals surface area (Å²) in [7, 11) is 0. The Balaban J connectivity index is 2.88. The van der Waals surface area contributed by atoms with Gasteiger partial charge in [-0.3, -0.25) is 0 Å². The highest BCUT2D eigenvalue weighted by atomic mass is 127. The van der Waals surface area contributed by atoms with Gasteiger partial charge in [0.2, 0.25) is 0 Å². The van der Waals surface area contributed by atoms with Gasteiger partial charge < -0.3 is 0 Å². The molecule has 0 nitrogen and oxygen atoms in total. The van der Waals surface area contributed by atoms with Gasteiger partial charge in [0.25, 0.3) is 0 Å². The Morgan fingerprint density at radius 1 is 1.33 bits per heavy atom. The Morgan fingerprint density at radius 2 is 2.08 bits per heavy atom. The second-order valence-corrected chi connectivity index (χ2v) is 5.98. The fourth-order valence-electron chi connectivity index (χ4n) is 1.03. The molecule has 1 aromatic heterocycles. The normalized spacial score (nSPS) is 10.9. The minimum atomic E-state index is -0.166. The lowest BCUT2D eigenvalue weighted by Gasteiger charge is -1.93. The third kappa shape index (κ3) is 1.52. The fourth-order valence-corrected chi connectivity index (χ4v) is 3.55. The molecule has 0 aliphatic carbocycles. The van der Waals surface area contributed by atoms with Crippen molar-refractivity contribution in [2.75, 3.05) is 0 Å². The molecule has 2 aromatic rings. The summed E-state index contributed by atoms with van der Waals surface area (Å²) in [6.07, 6.45) is 0. The van der Waals surface area contributed by atoms with Crippen LogP contribution in [0.5, 0.6) is 0 Å². The number of halogens is 3. The van der Waals surface area contributed by atoms with Crippen molar-refractivity contribution in [1.29, 1.82) is 0 Å². The van der Waals surface area contributed by atoms with E-state index < -0.39 is 0 Å². The standard InChI is InChI=1S/C8H3BrFIS/c9-8-3-5-6(11)1-4(10)2-7(5)12-8/h1-3H. The number of hydrogen-bond acceptors (Lipinski definition) is 1. The molecule has 2 rings (SSSR count). The van der Waals surface area contributed by atoms with Crippen molar-refractivity contribution >= 4 is 59.9 Å². The minimum Gasteiger partial charge on any atom is -0.207 e. The predicted octanol–water partition coefficient (Wildman–Crippen LogP) is 4.41. The number of benzene rings is 1. The van der Waals surface area contributed by atoms with Crippen molar-refractivity contribution < 1.29 is 4.39 Å². The van der Waals surface area contributed by atoms with E-state index in [9.17, 15) is 4.39 Å². The maximum Gasteiger partial charge on any atom is 0.125 e. The molecule has 0 bridgehead atoms. The van der Waals surface area contributed by atoms with E-state index in [1.165, 1.54) is 0 Å². The molecule has 12 heavy (non-hydrogen) atoms. The van der Waals surface area contributed by atoms with E-state index in [-0.39, 0.29) is 5.82 Å². The van der Waals surface area contributed by atoms with Crippen LogP contribution in [0, 0.1) is 9.39 Å². The van der Waals surface area contributed by atoms with Gasteiger partial charge in [-0.05, 0) is 56.7 Å². The first-order chi connectivity index (χ1) is 5.66. The quantitative estimate of drug-likeness (QED) is 0.613. The topological polar surface area (TPSA) is 0 Å². The molecule has 0 unspecified atom stereocenters. The molecule has 0 aliphatic rings. The molecule has 1 aromatic carbocycles. The Kier molecular flexibility index (Phi) is 2.39. The van der Waals surface area contributed by atoms with E-state index in [1.54, 1.807) is 23.5 Å². The van der Waals surface area contributed by atoms with Crippen LogP contribution in [0.25, 0.3) is 10.1 Å². The van der Waals surface area contributed by atoms with Gasteiger partial charge in [-0.25, -0.2) is 4.39 Å². The fraction of sp³-hybridized carbons (Fsp3) is 0. The molecule has 0 N–H and O–H groups in total. The van der Waals surface area contributed by atoms with Gasteiger partial charge in [-0.15, -0.1) is 11.3 Å². The summed E-state index contributed by atoms with van der Waals surface area (Å²) >= 11 is 7.07. The average Bonchev–Trinajstić information content (AvgIpc) is 2.29. The molecule has 0 saturated heterocycles. The lowest BCUT2D eigenvalue weighted by molar-refractivity contribution is 0.629. The van der Waals surface area contributed by atoms with E-state index in [1.807, 2.05) is 6.07 Å². The summed E-state index contributed by atoms with van der Waals surface area (Å²) in [5.41, 5.74) is 0. The van der Waals surface area contributed by atoms with Crippen LogP contribution < -0.4 is 0 Å². The highest BCUT2D eigenvalue weighted by Crippen LogP contribution is 2.33. The number of rotatable bonds is 0. The van der Waals surface area contributed by atoms with Gasteiger partial charge in [0.1, 0.15) is 5.82 Å². The zero-order valence-corrected chi connectivity index (χ0v) is 10.3. The summed E-state index contributed by atoms with van der Waals surface area (Å²) in [5, 5.41) is 1.12. The molecule has 62 valence electrons. The Morgan fingerprint density at radius 3 is 2.83 bits per heavy atom. The molecule has 4 heteroatoms. The first kappa shape index (κ1) is 8.90. The summed E-state index contributed by atoms with van der Waals surface area (Å²) in [5.74, 6) is -0.166. The summed E-state index contributed by atoms with van der Waals surface area (Å²) in [4.78, 5) is 0. The van der Waals surface area contributed by atoms with Gasteiger partial charge in [-0.1, -0.05) is 0 Å². The lowest BCUT2D eigenvalue weighted by atomic mass is 10.3. The number of fused-ring (bicyclic) bond motifs is 1. The Hall–Kier alpha value is 0.320. The predicted molar refractivity (Wildman–Crippen MR) is 62.2 cm³/mol. The molecule has 0 spiro atoms. The highest BCUT2D eigenvalue weighted by molar-refractivity contribution is 14.1. The van der Waals surface area contributed by atoms with Crippen molar-refractivity contribution in [2.45, 2.75) is 0 Å². The molecule has 0 amide bonds. The van der Waals surface area contributed by atoms with Gasteiger partial charge in [-0.2, -0.15) is 0 Å². The van der Waals surface area contributed by atoms with Crippen molar-refractivity contribution in [3.05, 3.63) is 31.4 Å². The first-order valence-corrected chi connectivity index (χ1v) is 5.90. The highest BCUT2D eigenvalue weighted by Gasteiger charge is 2.04. The molecule has 0 atom stereocenters. The first-order valence-electron chi connectivity index (χ1n) is 3.21. The average molecular weight is 357 g/mol. The van der Waals surface area contributed by atoms with E-state index in [2.05, 4.69) is 38.5 Å². The monoisotopic (exact) mass is 356 g/mol. The second-order valence-electron chi connectivity index (χ2n) is 2.35. The SMILES string of the molecule is Fc1cc(I)c2cc(Br)sc2c1. The van der Waals surface area contributed by atoms with Crippen molar-refractivity contribution in [3.8, 4) is 0 Å². The van der Waals surface area contributed by atoms with Crippen molar-refractivity contribution in [3.63, 3.8) is 0 Å². The molecule has 0 aliphatic heterocycles. The van der Waals surface area contributed by atoms with E-state index in [4.69, 9.17) is 0 Å². The molecule has 0 fully saturated rings. The van der Waals surface area contributed by atoms with Gasteiger partial charge >= 0.3 is 0 Å². The zero-order valence-electron chi connectivity index (χ0n) is 5.77. The van der Waals surface area contributed by atoms with Gasteiger partial charge in [0.05, 0.1) is 3.79 Å². The van der Waals surface area contributed by atoms with Crippen LogP contribution in [0.2, 0.25) is 0 Å². The summed E-state index contributed by atoms with van der Waals surface area (Å²) in [6, 6.07) is 5.12. The van der Waals surface area contributed by atoms with Crippen LogP contribution in [0.4, 0.5) is 4.39 Å². The van der Waals surface area contributed by atoms with Gasteiger partial charge in [0, 0.05) is 13.7 Å². The molecule has 1 heterocycles. The van der Waals surface area contributed by atoms with Crippen molar-refractivity contribution in [2.24, 2.45) is 0 Å². The maximum absolute atomic E-state index is 12.9. The Labute approximate surface area is 95.0 Å². The summed E-state index contributed by atoms with van der Waals surface area (Å²) in [6.45, 7) is 0. The molecule has 0 radical (unpaired) electrons. The largest absolute Gasteiger partial charge is 0.207 e. The van der Waals surface area contributed by atoms with E-state index >= 15 is 0 Å². The zero-order chi connectivity index (χ0) is 8.72. The van der Waals surface area contributed by atoms with Crippen LogP contribution in [-0.2, 0) is 0 Å². The third-order valence-corrected chi connectivity index (χ3v) is 4.00.